The molecule has 0 atom stereocenters. The van der Waals surface area contributed by atoms with Gasteiger partial charge in [0.1, 0.15) is 18.1 Å². The van der Waals surface area contributed by atoms with Crippen LogP contribution in [0.2, 0.25) is 0 Å². The van der Waals surface area contributed by atoms with Crippen molar-refractivity contribution in [2.24, 2.45) is 0 Å². The van der Waals surface area contributed by atoms with Crippen LogP contribution in [0.3, 0.4) is 0 Å². The fraction of sp³-hybridized carbons (Fsp3) is 0.250. The van der Waals surface area contributed by atoms with Crippen LogP contribution in [-0.2, 0) is 0 Å². The quantitative estimate of drug-likeness (QED) is 0.803. The van der Waals surface area contributed by atoms with Crippen LogP contribution in [-0.4, -0.2) is 20.3 Å². The minimum absolute atomic E-state index is 0.626. The van der Waals surface area contributed by atoms with Crippen LogP contribution in [0.15, 0.2) is 48.5 Å². The number of anilines is 1. The maximum Gasteiger partial charge on any atom is 0.120 e. The lowest BCUT2D eigenvalue weighted by Gasteiger charge is -2.10. The summed E-state index contributed by atoms with van der Waals surface area (Å²) in [7, 11) is 1.67. The smallest absolute Gasteiger partial charge is 0.120 e. The Bertz CT molecular complexity index is 526. The fourth-order valence-corrected chi connectivity index (χ4v) is 1.80. The van der Waals surface area contributed by atoms with Crippen molar-refractivity contribution in [2.75, 3.05) is 25.6 Å². The Hall–Kier alpha value is -2.16. The number of benzene rings is 2. The summed E-state index contributed by atoms with van der Waals surface area (Å²) in [4.78, 5) is 0. The van der Waals surface area contributed by atoms with Crippen LogP contribution < -0.4 is 14.8 Å². The molecule has 19 heavy (non-hydrogen) atoms. The highest BCUT2D eigenvalue weighted by Crippen LogP contribution is 2.16. The number of hydrogen-bond donors (Lipinski definition) is 1. The van der Waals surface area contributed by atoms with Crippen molar-refractivity contribution in [1.29, 1.82) is 0 Å². The Morgan fingerprint density at radius 2 is 1.79 bits per heavy atom. The van der Waals surface area contributed by atoms with Gasteiger partial charge in [0.05, 0.1) is 7.11 Å². The lowest BCUT2D eigenvalue weighted by Crippen LogP contribution is -2.11. The highest BCUT2D eigenvalue weighted by molar-refractivity contribution is 5.48. The van der Waals surface area contributed by atoms with Crippen molar-refractivity contribution < 1.29 is 9.47 Å². The normalized spacial score (nSPS) is 10.0. The third kappa shape index (κ3) is 4.21. The van der Waals surface area contributed by atoms with Gasteiger partial charge in [0.2, 0.25) is 0 Å². The number of nitrogens with one attached hydrogen (secondary N) is 1. The molecule has 1 N–H and O–H groups in total. The molecule has 0 aliphatic carbocycles. The molecule has 0 unspecified atom stereocenters. The van der Waals surface area contributed by atoms with E-state index in [1.165, 1.54) is 5.56 Å². The Kier molecular flexibility index (Phi) is 4.67. The van der Waals surface area contributed by atoms with Gasteiger partial charge in [0.15, 0.2) is 0 Å². The molecule has 0 spiro atoms. The maximum atomic E-state index is 5.67. The monoisotopic (exact) mass is 257 g/mol. The van der Waals surface area contributed by atoms with Crippen LogP contribution in [0, 0.1) is 6.92 Å². The Balaban J connectivity index is 1.77. The molecule has 3 nitrogen and oxygen atoms in total. The van der Waals surface area contributed by atoms with Gasteiger partial charge in [-0.3, -0.25) is 0 Å². The standard InChI is InChI=1S/C16H19NO2/c1-13-5-3-8-16(11-13)19-10-9-17-14-6-4-7-15(12-14)18-2/h3-8,11-12,17H,9-10H2,1-2H3. The predicted octanol–water partition coefficient (Wildman–Crippen LogP) is 3.49. The van der Waals surface area contributed by atoms with Crippen LogP contribution in [0.5, 0.6) is 11.5 Å². The van der Waals surface area contributed by atoms with E-state index < -0.39 is 0 Å². The van der Waals surface area contributed by atoms with E-state index in [-0.39, 0.29) is 0 Å². The first-order chi connectivity index (χ1) is 9.28. The molecule has 3 heteroatoms. The second kappa shape index (κ2) is 6.69. The van der Waals surface area contributed by atoms with Crippen LogP contribution >= 0.6 is 0 Å². The van der Waals surface area contributed by atoms with Gasteiger partial charge < -0.3 is 14.8 Å². The molecule has 100 valence electrons. The molecular formula is C16H19NO2. The first-order valence-electron chi connectivity index (χ1n) is 6.35. The molecule has 2 rings (SSSR count). The molecule has 0 aliphatic heterocycles. The summed E-state index contributed by atoms with van der Waals surface area (Å²) in [5.41, 5.74) is 2.24. The average molecular weight is 257 g/mol. The fourth-order valence-electron chi connectivity index (χ4n) is 1.80. The summed E-state index contributed by atoms with van der Waals surface area (Å²) in [6.45, 7) is 3.43. The van der Waals surface area contributed by atoms with E-state index in [9.17, 15) is 0 Å². The van der Waals surface area contributed by atoms with Crippen molar-refractivity contribution in [3.63, 3.8) is 0 Å². The van der Waals surface area contributed by atoms with Gasteiger partial charge in [-0.15, -0.1) is 0 Å². The topological polar surface area (TPSA) is 30.5 Å². The van der Waals surface area contributed by atoms with E-state index >= 15 is 0 Å². The van der Waals surface area contributed by atoms with Crippen LogP contribution in [0.4, 0.5) is 5.69 Å². The van der Waals surface area contributed by atoms with Crippen molar-refractivity contribution in [2.45, 2.75) is 6.92 Å². The number of rotatable bonds is 6. The summed E-state index contributed by atoms with van der Waals surface area (Å²) >= 11 is 0. The van der Waals surface area contributed by atoms with Gasteiger partial charge in [-0.1, -0.05) is 18.2 Å². The zero-order valence-electron chi connectivity index (χ0n) is 11.3. The summed E-state index contributed by atoms with van der Waals surface area (Å²) in [5, 5.41) is 3.30. The van der Waals surface area contributed by atoms with Gasteiger partial charge in [0, 0.05) is 18.3 Å². The molecule has 0 heterocycles. The molecule has 2 aromatic carbocycles. The number of methoxy groups -OCH3 is 1. The van der Waals surface area contributed by atoms with E-state index in [0.717, 1.165) is 23.7 Å². The van der Waals surface area contributed by atoms with Crippen molar-refractivity contribution in [3.05, 3.63) is 54.1 Å². The molecule has 2 aromatic rings. The zero-order chi connectivity index (χ0) is 13.5. The molecule has 0 amide bonds. The third-order valence-corrected chi connectivity index (χ3v) is 2.76. The Morgan fingerprint density at radius 1 is 1.00 bits per heavy atom. The van der Waals surface area contributed by atoms with Gasteiger partial charge in [-0.25, -0.2) is 0 Å². The SMILES string of the molecule is COc1cccc(NCCOc2cccc(C)c2)c1. The predicted molar refractivity (Wildman–Crippen MR) is 78.2 cm³/mol. The van der Waals surface area contributed by atoms with E-state index in [1.54, 1.807) is 7.11 Å². The van der Waals surface area contributed by atoms with Crippen molar-refractivity contribution in [3.8, 4) is 11.5 Å². The van der Waals surface area contributed by atoms with Gasteiger partial charge in [0.25, 0.3) is 0 Å². The molecule has 0 bridgehead atoms. The summed E-state index contributed by atoms with van der Waals surface area (Å²) in [6.07, 6.45) is 0. The highest BCUT2D eigenvalue weighted by Gasteiger charge is 1.96. The van der Waals surface area contributed by atoms with E-state index in [0.29, 0.717) is 6.61 Å². The molecule has 0 radical (unpaired) electrons. The third-order valence-electron chi connectivity index (χ3n) is 2.76. The summed E-state index contributed by atoms with van der Waals surface area (Å²) in [6, 6.07) is 15.9. The van der Waals surface area contributed by atoms with Gasteiger partial charge in [-0.05, 0) is 36.8 Å². The Morgan fingerprint density at radius 3 is 2.58 bits per heavy atom. The van der Waals surface area contributed by atoms with Crippen molar-refractivity contribution in [1.82, 2.24) is 0 Å². The zero-order valence-corrected chi connectivity index (χ0v) is 11.3. The second-order valence-electron chi connectivity index (χ2n) is 4.32. The number of hydrogen-bond acceptors (Lipinski definition) is 3. The first-order valence-corrected chi connectivity index (χ1v) is 6.35. The minimum atomic E-state index is 0.626. The van der Waals surface area contributed by atoms with E-state index in [2.05, 4.69) is 18.3 Å². The highest BCUT2D eigenvalue weighted by atomic mass is 16.5. The average Bonchev–Trinajstić information content (AvgIpc) is 2.44. The summed E-state index contributed by atoms with van der Waals surface area (Å²) < 4.78 is 10.8. The minimum Gasteiger partial charge on any atom is -0.497 e. The molecular weight excluding hydrogens is 238 g/mol. The van der Waals surface area contributed by atoms with E-state index in [1.807, 2.05) is 42.5 Å². The lowest BCUT2D eigenvalue weighted by atomic mass is 10.2. The molecule has 0 saturated carbocycles. The largest absolute Gasteiger partial charge is 0.497 e. The molecule has 0 aliphatic rings. The first kappa shape index (κ1) is 13.3. The lowest BCUT2D eigenvalue weighted by molar-refractivity contribution is 0.332. The number of aryl methyl sites for hydroxylation is 1. The van der Waals surface area contributed by atoms with Gasteiger partial charge >= 0.3 is 0 Å². The van der Waals surface area contributed by atoms with E-state index in [4.69, 9.17) is 9.47 Å². The van der Waals surface area contributed by atoms with Gasteiger partial charge in [-0.2, -0.15) is 0 Å². The molecule has 0 saturated heterocycles. The maximum absolute atomic E-state index is 5.67. The Labute approximate surface area is 114 Å². The number of ether oxygens (including phenoxy) is 2. The second-order valence-corrected chi connectivity index (χ2v) is 4.32. The summed E-state index contributed by atoms with van der Waals surface area (Å²) in [5.74, 6) is 1.76. The van der Waals surface area contributed by atoms with Crippen LogP contribution in [0.1, 0.15) is 5.56 Å². The van der Waals surface area contributed by atoms with Crippen molar-refractivity contribution >= 4 is 5.69 Å². The molecule has 0 aromatic heterocycles. The molecule has 0 fully saturated rings. The van der Waals surface area contributed by atoms with Crippen LogP contribution in [0.25, 0.3) is 0 Å².